The van der Waals surface area contributed by atoms with Gasteiger partial charge >= 0.3 is 0 Å². The maximum absolute atomic E-state index is 12.3. The van der Waals surface area contributed by atoms with Crippen LogP contribution in [0.3, 0.4) is 0 Å². The van der Waals surface area contributed by atoms with Gasteiger partial charge in [0.25, 0.3) is 0 Å². The maximum atomic E-state index is 12.3. The van der Waals surface area contributed by atoms with Crippen molar-refractivity contribution < 1.29 is 4.79 Å². The van der Waals surface area contributed by atoms with Crippen LogP contribution in [-0.4, -0.2) is 62.0 Å². The largest absolute Gasteiger partial charge is 0.341 e. The number of piperidine rings is 1. The van der Waals surface area contributed by atoms with Gasteiger partial charge in [-0.15, -0.1) is 0 Å². The third-order valence-electron chi connectivity index (χ3n) is 3.91. The average molecular weight is 225 g/mol. The number of amides is 1. The minimum Gasteiger partial charge on any atom is -0.341 e. The second kappa shape index (κ2) is 5.15. The monoisotopic (exact) mass is 225 g/mol. The standard InChI is InChI=1S/C12H23N3O/c1-14-7-5-10(9-14)12(16)15(2)11-4-3-6-13-8-11/h10-11,13H,3-9H2,1-2H3. The Bertz CT molecular complexity index is 251. The summed E-state index contributed by atoms with van der Waals surface area (Å²) in [6.45, 7) is 4.06. The van der Waals surface area contributed by atoms with Gasteiger partial charge in [-0.2, -0.15) is 0 Å². The number of likely N-dealkylation sites (N-methyl/N-ethyl adjacent to an activating group) is 1. The van der Waals surface area contributed by atoms with Crippen molar-refractivity contribution in [3.05, 3.63) is 0 Å². The van der Waals surface area contributed by atoms with Crippen molar-refractivity contribution in [2.45, 2.75) is 25.3 Å². The number of rotatable bonds is 2. The van der Waals surface area contributed by atoms with Crippen molar-refractivity contribution in [3.8, 4) is 0 Å². The summed E-state index contributed by atoms with van der Waals surface area (Å²) in [5.41, 5.74) is 0. The molecule has 2 rings (SSSR count). The van der Waals surface area contributed by atoms with E-state index in [2.05, 4.69) is 17.3 Å². The van der Waals surface area contributed by atoms with Crippen LogP contribution in [0.1, 0.15) is 19.3 Å². The van der Waals surface area contributed by atoms with E-state index in [9.17, 15) is 4.79 Å². The molecule has 1 amide bonds. The molecule has 16 heavy (non-hydrogen) atoms. The number of carbonyl (C=O) groups excluding carboxylic acids is 1. The molecule has 2 fully saturated rings. The zero-order valence-corrected chi connectivity index (χ0v) is 10.4. The minimum atomic E-state index is 0.233. The summed E-state index contributed by atoms with van der Waals surface area (Å²) in [6, 6.07) is 0.409. The second-order valence-electron chi connectivity index (χ2n) is 5.20. The van der Waals surface area contributed by atoms with E-state index >= 15 is 0 Å². The number of hydrogen-bond acceptors (Lipinski definition) is 3. The highest BCUT2D eigenvalue weighted by molar-refractivity contribution is 5.79. The lowest BCUT2D eigenvalue weighted by molar-refractivity contribution is -0.136. The summed E-state index contributed by atoms with van der Waals surface area (Å²) in [5, 5.41) is 3.37. The third-order valence-corrected chi connectivity index (χ3v) is 3.91. The zero-order valence-electron chi connectivity index (χ0n) is 10.4. The van der Waals surface area contributed by atoms with Crippen LogP contribution in [0.15, 0.2) is 0 Å². The molecule has 0 spiro atoms. The highest BCUT2D eigenvalue weighted by atomic mass is 16.2. The van der Waals surface area contributed by atoms with Gasteiger partial charge in [-0.1, -0.05) is 0 Å². The first-order valence-electron chi connectivity index (χ1n) is 6.34. The first-order chi connectivity index (χ1) is 7.68. The molecule has 1 N–H and O–H groups in total. The molecule has 0 saturated carbocycles. The number of hydrogen-bond donors (Lipinski definition) is 1. The summed E-state index contributed by atoms with van der Waals surface area (Å²) in [6.07, 6.45) is 3.37. The van der Waals surface area contributed by atoms with Gasteiger partial charge in [0.2, 0.25) is 5.91 Å². The topological polar surface area (TPSA) is 35.6 Å². The summed E-state index contributed by atoms with van der Waals surface area (Å²) in [7, 11) is 4.06. The van der Waals surface area contributed by atoms with Gasteiger partial charge in [0.05, 0.1) is 5.92 Å². The maximum Gasteiger partial charge on any atom is 0.227 e. The SMILES string of the molecule is CN1CCC(C(=O)N(C)C2CCCNC2)C1. The number of nitrogens with one attached hydrogen (secondary N) is 1. The van der Waals surface area contributed by atoms with Crippen molar-refractivity contribution >= 4 is 5.91 Å². The Balaban J connectivity index is 1.88. The summed E-state index contributed by atoms with van der Waals surface area (Å²) >= 11 is 0. The fourth-order valence-electron chi connectivity index (χ4n) is 2.77. The fraction of sp³-hybridized carbons (Fsp3) is 0.917. The van der Waals surface area contributed by atoms with Crippen LogP contribution in [-0.2, 0) is 4.79 Å². The lowest BCUT2D eigenvalue weighted by Crippen LogP contribution is -2.48. The second-order valence-corrected chi connectivity index (χ2v) is 5.20. The van der Waals surface area contributed by atoms with Crippen molar-refractivity contribution in [3.63, 3.8) is 0 Å². The van der Waals surface area contributed by atoms with E-state index in [1.807, 2.05) is 11.9 Å². The van der Waals surface area contributed by atoms with Crippen LogP contribution >= 0.6 is 0 Å². The summed E-state index contributed by atoms with van der Waals surface area (Å²) < 4.78 is 0. The van der Waals surface area contributed by atoms with Gasteiger partial charge in [0, 0.05) is 26.2 Å². The summed E-state index contributed by atoms with van der Waals surface area (Å²) in [5.74, 6) is 0.579. The van der Waals surface area contributed by atoms with Crippen molar-refractivity contribution in [1.82, 2.24) is 15.1 Å². The van der Waals surface area contributed by atoms with Crippen LogP contribution in [0.4, 0.5) is 0 Å². The van der Waals surface area contributed by atoms with Gasteiger partial charge in [-0.3, -0.25) is 4.79 Å². The van der Waals surface area contributed by atoms with Crippen LogP contribution in [0, 0.1) is 5.92 Å². The van der Waals surface area contributed by atoms with Crippen molar-refractivity contribution in [2.24, 2.45) is 5.92 Å². The van der Waals surface area contributed by atoms with E-state index in [0.29, 0.717) is 11.9 Å². The normalized spacial score (nSPS) is 31.6. The first kappa shape index (κ1) is 11.9. The van der Waals surface area contributed by atoms with Gasteiger partial charge in [-0.05, 0) is 39.4 Å². The molecule has 0 bridgehead atoms. The Hall–Kier alpha value is -0.610. The molecule has 4 heteroatoms. The van der Waals surface area contributed by atoms with Gasteiger partial charge in [-0.25, -0.2) is 0 Å². The molecule has 2 unspecified atom stereocenters. The molecule has 0 aromatic rings. The average Bonchev–Trinajstić information content (AvgIpc) is 2.75. The fourth-order valence-corrected chi connectivity index (χ4v) is 2.77. The van der Waals surface area contributed by atoms with E-state index in [0.717, 1.165) is 39.0 Å². The molecule has 92 valence electrons. The molecule has 0 aliphatic carbocycles. The minimum absolute atomic E-state index is 0.233. The molecule has 0 aromatic carbocycles. The molecule has 2 heterocycles. The van der Waals surface area contributed by atoms with Crippen LogP contribution in [0.2, 0.25) is 0 Å². The predicted molar refractivity (Wildman–Crippen MR) is 64.3 cm³/mol. The van der Waals surface area contributed by atoms with E-state index in [1.165, 1.54) is 6.42 Å². The van der Waals surface area contributed by atoms with Crippen LogP contribution in [0.5, 0.6) is 0 Å². The summed E-state index contributed by atoms with van der Waals surface area (Å²) in [4.78, 5) is 16.5. The Labute approximate surface area is 98.0 Å². The Morgan fingerprint density at radius 3 is 2.81 bits per heavy atom. The quantitative estimate of drug-likeness (QED) is 0.726. The molecule has 0 aromatic heterocycles. The Kier molecular flexibility index (Phi) is 3.82. The number of likely N-dealkylation sites (tertiary alicyclic amines) is 1. The van der Waals surface area contributed by atoms with Gasteiger partial charge in [0.15, 0.2) is 0 Å². The molecule has 2 saturated heterocycles. The molecule has 2 aliphatic rings. The Morgan fingerprint density at radius 2 is 2.25 bits per heavy atom. The van der Waals surface area contributed by atoms with Crippen molar-refractivity contribution in [1.29, 1.82) is 0 Å². The third kappa shape index (κ3) is 2.55. The van der Waals surface area contributed by atoms with E-state index < -0.39 is 0 Å². The first-order valence-corrected chi connectivity index (χ1v) is 6.34. The molecule has 4 nitrogen and oxygen atoms in total. The predicted octanol–water partition coefficient (Wildman–Crippen LogP) is 0.149. The van der Waals surface area contributed by atoms with Crippen molar-refractivity contribution in [2.75, 3.05) is 40.3 Å². The van der Waals surface area contributed by atoms with Gasteiger partial charge in [0.1, 0.15) is 0 Å². The Morgan fingerprint density at radius 1 is 1.44 bits per heavy atom. The highest BCUT2D eigenvalue weighted by Crippen LogP contribution is 2.19. The van der Waals surface area contributed by atoms with Crippen LogP contribution < -0.4 is 5.32 Å². The molecule has 0 radical (unpaired) electrons. The van der Waals surface area contributed by atoms with Gasteiger partial charge < -0.3 is 15.1 Å². The molecule has 2 aliphatic heterocycles. The van der Waals surface area contributed by atoms with E-state index in [-0.39, 0.29) is 5.92 Å². The van der Waals surface area contributed by atoms with Crippen LogP contribution in [0.25, 0.3) is 0 Å². The van der Waals surface area contributed by atoms with E-state index in [1.54, 1.807) is 0 Å². The smallest absolute Gasteiger partial charge is 0.227 e. The lowest BCUT2D eigenvalue weighted by atomic mass is 10.0. The zero-order chi connectivity index (χ0) is 11.5. The van der Waals surface area contributed by atoms with E-state index in [4.69, 9.17) is 0 Å². The molecular weight excluding hydrogens is 202 g/mol. The molecular formula is C12H23N3O. The number of carbonyl (C=O) groups is 1. The lowest BCUT2D eigenvalue weighted by Gasteiger charge is -2.33. The number of nitrogens with zero attached hydrogens (tertiary/aromatic N) is 2. The molecule has 2 atom stereocenters. The highest BCUT2D eigenvalue weighted by Gasteiger charge is 2.31.